The number of ether oxygens (including phenoxy) is 1. The summed E-state index contributed by atoms with van der Waals surface area (Å²) in [6.07, 6.45) is 1.84. The van der Waals surface area contributed by atoms with E-state index >= 15 is 0 Å². The van der Waals surface area contributed by atoms with Gasteiger partial charge in [-0.15, -0.1) is 11.8 Å². The predicted octanol–water partition coefficient (Wildman–Crippen LogP) is 4.98. The highest BCUT2D eigenvalue weighted by atomic mass is 35.5. The van der Waals surface area contributed by atoms with Crippen LogP contribution in [-0.4, -0.2) is 39.4 Å². The molecule has 0 aliphatic carbocycles. The van der Waals surface area contributed by atoms with E-state index in [-0.39, 0.29) is 12.5 Å². The molecule has 3 rings (SSSR count). The van der Waals surface area contributed by atoms with Gasteiger partial charge in [-0.2, -0.15) is 0 Å². The summed E-state index contributed by atoms with van der Waals surface area (Å²) in [6, 6.07) is 24.0. The molecule has 0 heterocycles. The fourth-order valence-electron chi connectivity index (χ4n) is 3.06. The van der Waals surface area contributed by atoms with Crippen LogP contribution in [0.4, 0.5) is 5.69 Å². The first-order valence-corrected chi connectivity index (χ1v) is 13.9. The molecule has 1 N–H and O–H groups in total. The quantitative estimate of drug-likeness (QED) is 0.270. The maximum absolute atomic E-state index is 12.4. The lowest BCUT2D eigenvalue weighted by Crippen LogP contribution is -2.40. The molecule has 0 radical (unpaired) electrons. The van der Waals surface area contributed by atoms with Gasteiger partial charge in [0.25, 0.3) is 0 Å². The number of carbonyl (C=O) groups excluding carboxylic acids is 1. The minimum Gasteiger partial charge on any atom is -0.489 e. The summed E-state index contributed by atoms with van der Waals surface area (Å²) < 4.78 is 31.5. The summed E-state index contributed by atoms with van der Waals surface area (Å²) in [6.45, 7) is 0.589. The van der Waals surface area contributed by atoms with Crippen molar-refractivity contribution < 1.29 is 17.9 Å². The highest BCUT2D eigenvalue weighted by molar-refractivity contribution is 7.99. The van der Waals surface area contributed by atoms with E-state index in [2.05, 4.69) is 5.32 Å². The summed E-state index contributed by atoms with van der Waals surface area (Å²) in [4.78, 5) is 13.5. The van der Waals surface area contributed by atoms with E-state index in [9.17, 15) is 13.2 Å². The molecule has 0 atom stereocenters. The Balaban J connectivity index is 1.47. The molecule has 0 aliphatic rings. The van der Waals surface area contributed by atoms with Gasteiger partial charge in [-0.05, 0) is 66.3 Å². The van der Waals surface area contributed by atoms with E-state index in [4.69, 9.17) is 16.3 Å². The van der Waals surface area contributed by atoms with Crippen molar-refractivity contribution in [1.82, 2.24) is 5.32 Å². The van der Waals surface area contributed by atoms with Gasteiger partial charge in [0, 0.05) is 16.5 Å². The summed E-state index contributed by atoms with van der Waals surface area (Å²) >= 11 is 7.55. The zero-order valence-electron chi connectivity index (χ0n) is 18.8. The van der Waals surface area contributed by atoms with E-state index in [0.717, 1.165) is 33.2 Å². The van der Waals surface area contributed by atoms with Crippen molar-refractivity contribution in [2.24, 2.45) is 0 Å². The SMILES string of the molecule is CS(=O)(=O)N(CC(=O)NCCCSc1ccc(Cl)cc1)c1ccc(OCc2ccccc2)cc1. The van der Waals surface area contributed by atoms with E-state index < -0.39 is 10.0 Å². The number of thioether (sulfide) groups is 1. The van der Waals surface area contributed by atoms with Crippen LogP contribution >= 0.6 is 23.4 Å². The minimum absolute atomic E-state index is 0.284. The number of nitrogens with zero attached hydrogens (tertiary/aromatic N) is 1. The van der Waals surface area contributed by atoms with Crippen molar-refractivity contribution >= 4 is 45.0 Å². The molecule has 0 bridgehead atoms. The Hall–Kier alpha value is -2.68. The van der Waals surface area contributed by atoms with E-state index in [1.54, 1.807) is 36.0 Å². The van der Waals surface area contributed by atoms with Crippen molar-refractivity contribution in [2.75, 3.05) is 29.4 Å². The lowest BCUT2D eigenvalue weighted by atomic mass is 10.2. The molecule has 3 aromatic rings. The molecule has 0 saturated carbocycles. The lowest BCUT2D eigenvalue weighted by molar-refractivity contribution is -0.119. The number of anilines is 1. The van der Waals surface area contributed by atoms with Gasteiger partial charge < -0.3 is 10.1 Å². The Bertz CT molecular complexity index is 1160. The molecule has 3 aromatic carbocycles. The fourth-order valence-corrected chi connectivity index (χ4v) is 4.89. The number of nitrogens with one attached hydrogen (secondary N) is 1. The molecular weight excluding hydrogens is 492 g/mol. The highest BCUT2D eigenvalue weighted by Gasteiger charge is 2.20. The van der Waals surface area contributed by atoms with Gasteiger partial charge >= 0.3 is 0 Å². The van der Waals surface area contributed by atoms with Gasteiger partial charge in [0.2, 0.25) is 15.9 Å². The second kappa shape index (κ2) is 12.7. The fraction of sp³-hybridized carbons (Fsp3) is 0.240. The molecule has 0 spiro atoms. The largest absolute Gasteiger partial charge is 0.489 e. The molecule has 0 aromatic heterocycles. The Morgan fingerprint density at radius 3 is 2.32 bits per heavy atom. The van der Waals surface area contributed by atoms with Crippen molar-refractivity contribution in [2.45, 2.75) is 17.9 Å². The third-order valence-corrected chi connectivity index (χ3v) is 7.28. The molecule has 6 nitrogen and oxygen atoms in total. The number of halogens is 1. The lowest BCUT2D eigenvalue weighted by Gasteiger charge is -2.22. The first kappa shape index (κ1) is 25.9. The number of carbonyl (C=O) groups is 1. The third-order valence-electron chi connectivity index (χ3n) is 4.79. The van der Waals surface area contributed by atoms with Gasteiger partial charge in [-0.25, -0.2) is 8.42 Å². The Morgan fingerprint density at radius 1 is 1.00 bits per heavy atom. The molecule has 0 fully saturated rings. The minimum atomic E-state index is -3.64. The van der Waals surface area contributed by atoms with Gasteiger partial charge in [0.15, 0.2) is 0 Å². The number of rotatable bonds is 12. The van der Waals surface area contributed by atoms with Crippen LogP contribution in [0.2, 0.25) is 5.02 Å². The van der Waals surface area contributed by atoms with Crippen LogP contribution in [0.1, 0.15) is 12.0 Å². The number of hydrogen-bond acceptors (Lipinski definition) is 5. The number of sulfonamides is 1. The third kappa shape index (κ3) is 8.59. The van der Waals surface area contributed by atoms with E-state index in [0.29, 0.717) is 29.6 Å². The second-order valence-electron chi connectivity index (χ2n) is 7.54. The molecule has 34 heavy (non-hydrogen) atoms. The first-order chi connectivity index (χ1) is 16.3. The Labute approximate surface area is 210 Å². The highest BCUT2D eigenvalue weighted by Crippen LogP contribution is 2.23. The number of hydrogen-bond donors (Lipinski definition) is 1. The van der Waals surface area contributed by atoms with Gasteiger partial charge in [0.05, 0.1) is 11.9 Å². The maximum atomic E-state index is 12.4. The average molecular weight is 519 g/mol. The number of benzene rings is 3. The summed E-state index contributed by atoms with van der Waals surface area (Å²) in [5.74, 6) is 1.08. The molecule has 180 valence electrons. The van der Waals surface area contributed by atoms with Crippen LogP contribution in [0.25, 0.3) is 0 Å². The van der Waals surface area contributed by atoms with Crippen LogP contribution < -0.4 is 14.4 Å². The van der Waals surface area contributed by atoms with Gasteiger partial charge in [-0.3, -0.25) is 9.10 Å². The normalized spacial score (nSPS) is 11.1. The first-order valence-electron chi connectivity index (χ1n) is 10.7. The van der Waals surface area contributed by atoms with Crippen LogP contribution in [0, 0.1) is 0 Å². The van der Waals surface area contributed by atoms with Crippen LogP contribution in [-0.2, 0) is 21.4 Å². The molecule has 9 heteroatoms. The van der Waals surface area contributed by atoms with Crippen molar-refractivity contribution in [3.05, 3.63) is 89.4 Å². The zero-order chi connectivity index (χ0) is 24.4. The maximum Gasteiger partial charge on any atom is 0.240 e. The van der Waals surface area contributed by atoms with Crippen molar-refractivity contribution in [3.63, 3.8) is 0 Å². The van der Waals surface area contributed by atoms with Crippen molar-refractivity contribution in [3.8, 4) is 5.75 Å². The molecule has 1 amide bonds. The standard InChI is InChI=1S/C25H27ClN2O4S2/c1-34(30,31)28(18-25(29)27-16-5-17-33-24-14-8-21(26)9-15-24)22-10-12-23(13-11-22)32-19-20-6-3-2-4-7-20/h2-4,6-15H,5,16-19H2,1H3,(H,27,29). The second-order valence-corrected chi connectivity index (χ2v) is 11.1. The molecular formula is C25H27ClN2O4S2. The topological polar surface area (TPSA) is 75.7 Å². The Morgan fingerprint density at radius 2 is 1.68 bits per heavy atom. The van der Waals surface area contributed by atoms with Crippen molar-refractivity contribution in [1.29, 1.82) is 0 Å². The smallest absolute Gasteiger partial charge is 0.240 e. The monoisotopic (exact) mass is 518 g/mol. The van der Waals surface area contributed by atoms with Crippen LogP contribution in [0.5, 0.6) is 5.75 Å². The summed E-state index contributed by atoms with van der Waals surface area (Å²) in [7, 11) is -3.64. The van der Waals surface area contributed by atoms with E-state index in [1.165, 1.54) is 0 Å². The summed E-state index contributed by atoms with van der Waals surface area (Å²) in [5, 5.41) is 3.49. The predicted molar refractivity (Wildman–Crippen MR) is 139 cm³/mol. The molecule has 0 aliphatic heterocycles. The average Bonchev–Trinajstić information content (AvgIpc) is 2.82. The Kier molecular flexibility index (Phi) is 9.68. The number of amides is 1. The van der Waals surface area contributed by atoms with Gasteiger partial charge in [0.1, 0.15) is 18.9 Å². The zero-order valence-corrected chi connectivity index (χ0v) is 21.2. The van der Waals surface area contributed by atoms with Gasteiger partial charge in [-0.1, -0.05) is 41.9 Å². The van der Waals surface area contributed by atoms with Crippen LogP contribution in [0.15, 0.2) is 83.8 Å². The van der Waals surface area contributed by atoms with E-state index in [1.807, 2.05) is 54.6 Å². The molecule has 0 saturated heterocycles. The van der Waals surface area contributed by atoms with Crippen LogP contribution in [0.3, 0.4) is 0 Å². The summed E-state index contributed by atoms with van der Waals surface area (Å²) in [5.41, 5.74) is 1.44. The molecule has 0 unspecified atom stereocenters.